The zero-order valence-electron chi connectivity index (χ0n) is 10.9. The van der Waals surface area contributed by atoms with E-state index in [-0.39, 0.29) is 18.6 Å². The van der Waals surface area contributed by atoms with E-state index in [1.807, 2.05) is 11.8 Å². The molecule has 1 fully saturated rings. The smallest absolute Gasteiger partial charge is 0.222 e. The van der Waals surface area contributed by atoms with Gasteiger partial charge >= 0.3 is 0 Å². The molecule has 1 aliphatic carbocycles. The average molecular weight is 242 g/mol. The summed E-state index contributed by atoms with van der Waals surface area (Å²) in [5, 5.41) is 8.86. The van der Waals surface area contributed by atoms with Gasteiger partial charge in [0.15, 0.2) is 0 Å². The van der Waals surface area contributed by atoms with Crippen molar-refractivity contribution < 1.29 is 9.90 Å². The zero-order valence-corrected chi connectivity index (χ0v) is 10.9. The zero-order chi connectivity index (χ0) is 12.7. The highest BCUT2D eigenvalue weighted by molar-refractivity contribution is 5.76. The first-order valence-electron chi connectivity index (χ1n) is 6.81. The van der Waals surface area contributed by atoms with Crippen molar-refractivity contribution in [1.82, 2.24) is 4.90 Å². The molecule has 3 N–H and O–H groups in total. The van der Waals surface area contributed by atoms with Crippen LogP contribution in [0.2, 0.25) is 0 Å². The standard InChI is InChI=1S/C13H26N2O2/c1-11(14)5-2-8-13(17)15(9-4-10-16)12-6-3-7-12/h11-12,16H,2-10,14H2,1H3. The second-order valence-electron chi connectivity index (χ2n) is 5.12. The number of carbonyl (C=O) groups is 1. The van der Waals surface area contributed by atoms with Gasteiger partial charge in [0.1, 0.15) is 0 Å². The summed E-state index contributed by atoms with van der Waals surface area (Å²) < 4.78 is 0. The third kappa shape index (κ3) is 5.04. The van der Waals surface area contributed by atoms with Crippen LogP contribution in [-0.4, -0.2) is 41.1 Å². The van der Waals surface area contributed by atoms with E-state index in [9.17, 15) is 4.79 Å². The molecule has 0 saturated heterocycles. The SMILES string of the molecule is CC(N)CCCC(=O)N(CCCO)C1CCC1. The fourth-order valence-corrected chi connectivity index (χ4v) is 2.17. The van der Waals surface area contributed by atoms with E-state index in [0.717, 1.165) is 25.7 Å². The second-order valence-corrected chi connectivity index (χ2v) is 5.12. The van der Waals surface area contributed by atoms with Gasteiger partial charge in [-0.2, -0.15) is 0 Å². The molecule has 0 aromatic heterocycles. The van der Waals surface area contributed by atoms with Gasteiger partial charge in [-0.05, 0) is 45.4 Å². The summed E-state index contributed by atoms with van der Waals surface area (Å²) in [6.07, 6.45) is 6.56. The lowest BCUT2D eigenvalue weighted by molar-refractivity contribution is -0.135. The summed E-state index contributed by atoms with van der Waals surface area (Å²) >= 11 is 0. The number of aliphatic hydroxyl groups excluding tert-OH is 1. The number of hydrogen-bond acceptors (Lipinski definition) is 3. The Morgan fingerprint density at radius 2 is 2.18 bits per heavy atom. The molecule has 1 atom stereocenters. The largest absolute Gasteiger partial charge is 0.396 e. The predicted molar refractivity (Wildman–Crippen MR) is 68.6 cm³/mol. The first-order valence-corrected chi connectivity index (χ1v) is 6.81. The number of amides is 1. The first-order chi connectivity index (χ1) is 8.15. The molecule has 1 saturated carbocycles. The summed E-state index contributed by atoms with van der Waals surface area (Å²) in [6, 6.07) is 0.613. The summed E-state index contributed by atoms with van der Waals surface area (Å²) in [5.41, 5.74) is 5.67. The molecule has 4 nitrogen and oxygen atoms in total. The molecule has 1 aliphatic rings. The van der Waals surface area contributed by atoms with Crippen molar-refractivity contribution in [1.29, 1.82) is 0 Å². The Kier molecular flexibility index (Phi) is 6.52. The van der Waals surface area contributed by atoms with Crippen LogP contribution < -0.4 is 5.73 Å². The maximum Gasteiger partial charge on any atom is 0.222 e. The van der Waals surface area contributed by atoms with Gasteiger partial charge in [-0.3, -0.25) is 4.79 Å². The van der Waals surface area contributed by atoms with E-state index in [2.05, 4.69) is 0 Å². The second kappa shape index (κ2) is 7.67. The summed E-state index contributed by atoms with van der Waals surface area (Å²) in [4.78, 5) is 14.0. The number of rotatable bonds is 8. The Hall–Kier alpha value is -0.610. The number of carbonyl (C=O) groups excluding carboxylic acids is 1. The monoisotopic (exact) mass is 242 g/mol. The molecule has 0 aromatic carbocycles. The molecule has 1 rings (SSSR count). The predicted octanol–water partition coefficient (Wildman–Crippen LogP) is 1.27. The van der Waals surface area contributed by atoms with Crippen molar-refractivity contribution in [3.05, 3.63) is 0 Å². The highest BCUT2D eigenvalue weighted by Gasteiger charge is 2.27. The summed E-state index contributed by atoms with van der Waals surface area (Å²) in [7, 11) is 0. The van der Waals surface area contributed by atoms with E-state index in [4.69, 9.17) is 10.8 Å². The number of aliphatic hydroxyl groups is 1. The Bertz CT molecular complexity index is 227. The van der Waals surface area contributed by atoms with Crippen molar-refractivity contribution in [2.24, 2.45) is 5.73 Å². The topological polar surface area (TPSA) is 66.6 Å². The molecule has 1 unspecified atom stereocenters. The Balaban J connectivity index is 2.31. The molecule has 100 valence electrons. The highest BCUT2D eigenvalue weighted by Crippen LogP contribution is 2.25. The molecule has 17 heavy (non-hydrogen) atoms. The van der Waals surface area contributed by atoms with Gasteiger partial charge in [-0.15, -0.1) is 0 Å². The molecule has 0 aromatic rings. The van der Waals surface area contributed by atoms with Gasteiger partial charge < -0.3 is 15.7 Å². The van der Waals surface area contributed by atoms with E-state index in [0.29, 0.717) is 25.4 Å². The highest BCUT2D eigenvalue weighted by atomic mass is 16.3. The number of nitrogens with zero attached hydrogens (tertiary/aromatic N) is 1. The number of nitrogens with two attached hydrogens (primary N) is 1. The van der Waals surface area contributed by atoms with E-state index in [1.54, 1.807) is 0 Å². The van der Waals surface area contributed by atoms with E-state index >= 15 is 0 Å². The van der Waals surface area contributed by atoms with Crippen molar-refractivity contribution in [2.75, 3.05) is 13.2 Å². The van der Waals surface area contributed by atoms with Crippen molar-refractivity contribution >= 4 is 5.91 Å². The third-order valence-electron chi connectivity index (χ3n) is 3.44. The van der Waals surface area contributed by atoms with Gasteiger partial charge in [0.25, 0.3) is 0 Å². The molecule has 0 radical (unpaired) electrons. The minimum atomic E-state index is 0.163. The fourth-order valence-electron chi connectivity index (χ4n) is 2.17. The van der Waals surface area contributed by atoms with Crippen LogP contribution in [0, 0.1) is 0 Å². The van der Waals surface area contributed by atoms with Crippen molar-refractivity contribution in [2.45, 2.75) is 64.0 Å². The Labute approximate surface area is 104 Å². The van der Waals surface area contributed by atoms with E-state index < -0.39 is 0 Å². The van der Waals surface area contributed by atoms with E-state index in [1.165, 1.54) is 6.42 Å². The first kappa shape index (κ1) is 14.5. The van der Waals surface area contributed by atoms with Crippen LogP contribution in [0.4, 0.5) is 0 Å². The normalized spacial score (nSPS) is 17.6. The molecule has 4 heteroatoms. The van der Waals surface area contributed by atoms with Crippen LogP contribution in [0.1, 0.15) is 51.9 Å². The molecule has 0 heterocycles. The summed E-state index contributed by atoms with van der Waals surface area (Å²) in [6.45, 7) is 2.84. The molecular weight excluding hydrogens is 216 g/mol. The van der Waals surface area contributed by atoms with Crippen LogP contribution in [0.5, 0.6) is 0 Å². The fraction of sp³-hybridized carbons (Fsp3) is 0.923. The van der Waals surface area contributed by atoms with Gasteiger partial charge in [-0.1, -0.05) is 0 Å². The quantitative estimate of drug-likeness (QED) is 0.673. The van der Waals surface area contributed by atoms with Gasteiger partial charge in [0.05, 0.1) is 0 Å². The van der Waals surface area contributed by atoms with Gasteiger partial charge in [0.2, 0.25) is 5.91 Å². The minimum absolute atomic E-state index is 0.163. The Morgan fingerprint density at radius 3 is 2.65 bits per heavy atom. The lowest BCUT2D eigenvalue weighted by Crippen LogP contribution is -2.44. The molecule has 0 bridgehead atoms. The molecule has 1 amide bonds. The maximum atomic E-state index is 12.1. The van der Waals surface area contributed by atoms with Crippen molar-refractivity contribution in [3.8, 4) is 0 Å². The molecule has 0 spiro atoms. The van der Waals surface area contributed by atoms with Crippen LogP contribution in [0.3, 0.4) is 0 Å². The van der Waals surface area contributed by atoms with Crippen LogP contribution in [0.25, 0.3) is 0 Å². The molecule has 0 aliphatic heterocycles. The van der Waals surface area contributed by atoms with Crippen LogP contribution in [-0.2, 0) is 4.79 Å². The lowest BCUT2D eigenvalue weighted by atomic mass is 9.91. The lowest BCUT2D eigenvalue weighted by Gasteiger charge is -2.37. The van der Waals surface area contributed by atoms with Crippen molar-refractivity contribution in [3.63, 3.8) is 0 Å². The van der Waals surface area contributed by atoms with Gasteiger partial charge in [0, 0.05) is 31.7 Å². The van der Waals surface area contributed by atoms with Gasteiger partial charge in [-0.25, -0.2) is 0 Å². The molecular formula is C13H26N2O2. The summed E-state index contributed by atoms with van der Waals surface area (Å²) in [5.74, 6) is 0.240. The van der Waals surface area contributed by atoms with Crippen LogP contribution in [0.15, 0.2) is 0 Å². The number of hydrogen-bond donors (Lipinski definition) is 2. The average Bonchev–Trinajstić information content (AvgIpc) is 2.20. The minimum Gasteiger partial charge on any atom is -0.396 e. The Morgan fingerprint density at radius 1 is 1.47 bits per heavy atom. The third-order valence-corrected chi connectivity index (χ3v) is 3.44. The maximum absolute atomic E-state index is 12.1. The van der Waals surface area contributed by atoms with Crippen LogP contribution >= 0.6 is 0 Å².